The maximum absolute atomic E-state index is 13.4. The molecule has 5 rings (SSSR count). The highest BCUT2D eigenvalue weighted by molar-refractivity contribution is 5.88. The van der Waals surface area contributed by atoms with Crippen LogP contribution in [0.5, 0.6) is 0 Å². The third kappa shape index (κ3) is 3.73. The van der Waals surface area contributed by atoms with Crippen LogP contribution in [0.15, 0.2) is 23.3 Å². The summed E-state index contributed by atoms with van der Waals surface area (Å²) in [6.45, 7) is 19.7. The molecule has 5 heteroatoms. The minimum absolute atomic E-state index is 0.0266. The highest BCUT2D eigenvalue weighted by Gasteiger charge is 2.71. The zero-order valence-corrected chi connectivity index (χ0v) is 26.4. The van der Waals surface area contributed by atoms with Gasteiger partial charge in [0.25, 0.3) is 0 Å². The standard InChI is InChI=1S/C35H52O5/c1-10-21(2)28(37)40-27-20-30(3,4)19-23-22-11-12-25-32(7)15-14-26(36)31(5,6)24(32)13-16-34(25,9)33(22,8)17-18-35(23,27)29(38)39/h10-11,23-25,27H,12-20H2,1-9H3,(H,38,39)/t23-,24-,25+,27+,32-,33+,34+,35-/m0/s1. The van der Waals surface area contributed by atoms with E-state index in [-0.39, 0.29) is 33.0 Å². The van der Waals surface area contributed by atoms with Gasteiger partial charge in [-0.1, -0.05) is 66.2 Å². The third-order valence-electron chi connectivity index (χ3n) is 13.8. The van der Waals surface area contributed by atoms with E-state index >= 15 is 0 Å². The predicted octanol–water partition coefficient (Wildman–Crippen LogP) is 7.93. The molecule has 0 aromatic rings. The molecule has 0 bridgehead atoms. The number of hydrogen-bond donors (Lipinski definition) is 1. The average Bonchev–Trinajstić information content (AvgIpc) is 2.85. The molecule has 0 spiro atoms. The van der Waals surface area contributed by atoms with Crippen molar-refractivity contribution in [1.82, 2.24) is 0 Å². The van der Waals surface area contributed by atoms with Crippen LogP contribution in [0.3, 0.4) is 0 Å². The zero-order chi connectivity index (χ0) is 29.7. The average molecular weight is 553 g/mol. The SMILES string of the molecule is CC=C(C)C(=O)O[C@@H]1CC(C)(C)C[C@H]2C3=CC[C@@H]4[C@@]5(C)CCC(=O)C(C)(C)[C@@H]5CC[C@@]4(C)[C@]3(C)CC[C@@]12C(=O)O. The summed E-state index contributed by atoms with van der Waals surface area (Å²) in [5.74, 6) is -0.125. The lowest BCUT2D eigenvalue weighted by Crippen LogP contribution is -2.66. The summed E-state index contributed by atoms with van der Waals surface area (Å²) in [5.41, 5.74) is 0.279. The maximum atomic E-state index is 13.4. The molecule has 0 radical (unpaired) electrons. The Morgan fingerprint density at radius 1 is 0.975 bits per heavy atom. The molecule has 40 heavy (non-hydrogen) atoms. The molecule has 8 atom stereocenters. The molecule has 1 N–H and O–H groups in total. The fourth-order valence-corrected chi connectivity index (χ4v) is 11.1. The van der Waals surface area contributed by atoms with Crippen LogP contribution in [-0.4, -0.2) is 28.9 Å². The first kappa shape index (κ1) is 29.6. The number of ketones is 1. The molecular weight excluding hydrogens is 500 g/mol. The number of carboxylic acids is 1. The summed E-state index contributed by atoms with van der Waals surface area (Å²) < 4.78 is 6.13. The van der Waals surface area contributed by atoms with Crippen LogP contribution in [0.1, 0.15) is 120 Å². The molecule has 5 nitrogen and oxygen atoms in total. The van der Waals surface area contributed by atoms with Crippen molar-refractivity contribution in [2.45, 2.75) is 126 Å². The number of rotatable bonds is 3. The second-order valence-electron chi connectivity index (χ2n) is 16.3. The van der Waals surface area contributed by atoms with Crippen molar-refractivity contribution in [3.8, 4) is 0 Å². The molecule has 4 fully saturated rings. The van der Waals surface area contributed by atoms with Gasteiger partial charge in [-0.05, 0) is 98.7 Å². The quantitative estimate of drug-likeness (QED) is 0.218. The van der Waals surface area contributed by atoms with Crippen molar-refractivity contribution >= 4 is 17.7 Å². The Hall–Kier alpha value is -1.91. The van der Waals surface area contributed by atoms with E-state index in [0.29, 0.717) is 42.5 Å². The van der Waals surface area contributed by atoms with E-state index in [1.807, 2.05) is 6.92 Å². The summed E-state index contributed by atoms with van der Waals surface area (Å²) in [6, 6.07) is 0. The van der Waals surface area contributed by atoms with Gasteiger partial charge in [-0.2, -0.15) is 0 Å². The number of fused-ring (bicyclic) bond motifs is 7. The summed E-state index contributed by atoms with van der Waals surface area (Å²) in [7, 11) is 0. The van der Waals surface area contributed by atoms with E-state index in [4.69, 9.17) is 4.74 Å². The Bertz CT molecular complexity index is 1190. The number of Topliss-reactive ketones (excluding diaryl/α,β-unsaturated/α-hetero) is 1. The molecule has 5 aliphatic rings. The van der Waals surface area contributed by atoms with Crippen LogP contribution in [-0.2, 0) is 19.1 Å². The molecule has 222 valence electrons. The van der Waals surface area contributed by atoms with Crippen molar-refractivity contribution < 1.29 is 24.2 Å². The Balaban J connectivity index is 1.60. The lowest BCUT2D eigenvalue weighted by molar-refractivity contribution is -0.206. The molecule has 0 aromatic carbocycles. The van der Waals surface area contributed by atoms with Crippen LogP contribution in [0.4, 0.5) is 0 Å². The van der Waals surface area contributed by atoms with E-state index < -0.39 is 23.5 Å². The topological polar surface area (TPSA) is 80.7 Å². The first-order valence-electron chi connectivity index (χ1n) is 15.7. The fraction of sp³-hybridized carbons (Fsp3) is 0.800. The van der Waals surface area contributed by atoms with E-state index in [2.05, 4.69) is 54.5 Å². The largest absolute Gasteiger partial charge is 0.481 e. The monoisotopic (exact) mass is 552 g/mol. The summed E-state index contributed by atoms with van der Waals surface area (Å²) in [4.78, 5) is 39.4. The van der Waals surface area contributed by atoms with Gasteiger partial charge in [-0.15, -0.1) is 0 Å². The summed E-state index contributed by atoms with van der Waals surface area (Å²) >= 11 is 0. The number of ether oxygens (including phenoxy) is 1. The van der Waals surface area contributed by atoms with Crippen molar-refractivity contribution in [2.24, 2.45) is 50.2 Å². The van der Waals surface area contributed by atoms with Crippen molar-refractivity contribution in [3.63, 3.8) is 0 Å². The molecule has 0 heterocycles. The van der Waals surface area contributed by atoms with Crippen LogP contribution >= 0.6 is 0 Å². The van der Waals surface area contributed by atoms with Crippen molar-refractivity contribution in [3.05, 3.63) is 23.3 Å². The van der Waals surface area contributed by atoms with Crippen LogP contribution in [0.2, 0.25) is 0 Å². The van der Waals surface area contributed by atoms with Crippen molar-refractivity contribution in [2.75, 3.05) is 0 Å². The Labute approximate surface area is 241 Å². The number of allylic oxidation sites excluding steroid dienone is 3. The Kier molecular flexibility index (Phi) is 6.69. The highest BCUT2D eigenvalue weighted by atomic mass is 16.5. The third-order valence-corrected chi connectivity index (χ3v) is 13.8. The van der Waals surface area contributed by atoms with Gasteiger partial charge >= 0.3 is 11.9 Å². The minimum atomic E-state index is -1.10. The molecule has 4 saturated carbocycles. The lowest BCUT2D eigenvalue weighted by atomic mass is 9.33. The number of carbonyl (C=O) groups is 3. The Morgan fingerprint density at radius 2 is 1.65 bits per heavy atom. The number of hydrogen-bond acceptors (Lipinski definition) is 4. The van der Waals surface area contributed by atoms with E-state index in [1.54, 1.807) is 13.0 Å². The number of aliphatic carboxylic acids is 1. The van der Waals surface area contributed by atoms with E-state index in [9.17, 15) is 19.5 Å². The smallest absolute Gasteiger partial charge is 0.333 e. The summed E-state index contributed by atoms with van der Waals surface area (Å²) in [6.07, 6.45) is 10.9. The van der Waals surface area contributed by atoms with Crippen LogP contribution < -0.4 is 0 Å². The van der Waals surface area contributed by atoms with Gasteiger partial charge in [0, 0.05) is 23.3 Å². The Morgan fingerprint density at radius 3 is 2.27 bits per heavy atom. The van der Waals surface area contributed by atoms with Crippen molar-refractivity contribution in [1.29, 1.82) is 0 Å². The lowest BCUT2D eigenvalue weighted by Gasteiger charge is -2.70. The van der Waals surface area contributed by atoms with Gasteiger partial charge in [0.1, 0.15) is 17.3 Å². The molecular formula is C35H52O5. The number of carbonyl (C=O) groups excluding carboxylic acids is 2. The minimum Gasteiger partial charge on any atom is -0.481 e. The van der Waals surface area contributed by atoms with Gasteiger partial charge in [-0.3, -0.25) is 9.59 Å². The first-order valence-corrected chi connectivity index (χ1v) is 15.7. The highest BCUT2D eigenvalue weighted by Crippen LogP contribution is 2.75. The maximum Gasteiger partial charge on any atom is 0.333 e. The second kappa shape index (κ2) is 9.04. The second-order valence-corrected chi connectivity index (χ2v) is 16.3. The molecule has 0 amide bonds. The van der Waals surface area contributed by atoms with E-state index in [0.717, 1.165) is 38.5 Å². The predicted molar refractivity (Wildman–Crippen MR) is 156 cm³/mol. The van der Waals surface area contributed by atoms with Gasteiger partial charge < -0.3 is 9.84 Å². The van der Waals surface area contributed by atoms with Crippen LogP contribution in [0, 0.1) is 50.2 Å². The van der Waals surface area contributed by atoms with Gasteiger partial charge in [0.15, 0.2) is 0 Å². The molecule has 0 saturated heterocycles. The zero-order valence-electron chi connectivity index (χ0n) is 26.4. The normalized spacial score (nSPS) is 45.7. The van der Waals surface area contributed by atoms with Gasteiger partial charge in [-0.25, -0.2) is 4.79 Å². The molecule has 5 aliphatic carbocycles. The number of carboxylic acid groups (broad SMARTS) is 1. The first-order chi connectivity index (χ1) is 18.4. The fourth-order valence-electron chi connectivity index (χ4n) is 11.1. The van der Waals surface area contributed by atoms with Crippen LogP contribution in [0.25, 0.3) is 0 Å². The molecule has 0 unspecified atom stereocenters. The van der Waals surface area contributed by atoms with E-state index in [1.165, 1.54) is 5.57 Å². The molecule has 0 aromatic heterocycles. The molecule has 0 aliphatic heterocycles. The summed E-state index contributed by atoms with van der Waals surface area (Å²) in [5, 5.41) is 11.0. The van der Waals surface area contributed by atoms with Gasteiger partial charge in [0.2, 0.25) is 0 Å². The number of esters is 1. The van der Waals surface area contributed by atoms with Gasteiger partial charge in [0.05, 0.1) is 0 Å².